The molecule has 0 unspecified atom stereocenters. The summed E-state index contributed by atoms with van der Waals surface area (Å²) in [5.41, 5.74) is 1.01. The molecule has 6 rings (SSSR count). The number of benzene rings is 1. The van der Waals surface area contributed by atoms with Crippen LogP contribution in [-0.4, -0.2) is 43.1 Å². The smallest absolute Gasteiger partial charge is 0.408 e. The first-order valence-electron chi connectivity index (χ1n) is 13.0. The molecule has 15 heteroatoms. The molecule has 9 nitrogen and oxygen atoms in total. The number of alkyl halides is 3. The molecule has 0 saturated carbocycles. The number of halogens is 5. The van der Waals surface area contributed by atoms with Crippen LogP contribution in [0.15, 0.2) is 47.5 Å². The van der Waals surface area contributed by atoms with Gasteiger partial charge in [-0.15, -0.1) is 11.3 Å². The van der Waals surface area contributed by atoms with Crippen molar-refractivity contribution in [2.75, 3.05) is 12.0 Å². The molecule has 0 N–H and O–H groups in total. The summed E-state index contributed by atoms with van der Waals surface area (Å²) in [7, 11) is 2.95. The SMILES string of the molecule is COc1cc2c(cnn2CC(F)(F)F)cc1-c1nc2c(n1C(C)C)[C@H](c1ccc(Cl)s1)N(c1cc(Cl)cn(C)c1=O)C2=O. The van der Waals surface area contributed by atoms with Gasteiger partial charge in [0.15, 0.2) is 5.69 Å². The van der Waals surface area contributed by atoms with E-state index in [1.807, 2.05) is 18.4 Å². The van der Waals surface area contributed by atoms with Gasteiger partial charge in [-0.25, -0.2) is 4.98 Å². The van der Waals surface area contributed by atoms with Crippen molar-refractivity contribution in [1.29, 1.82) is 0 Å². The molecule has 5 heterocycles. The van der Waals surface area contributed by atoms with E-state index in [-0.39, 0.29) is 33.7 Å². The maximum Gasteiger partial charge on any atom is 0.408 e. The molecule has 0 saturated heterocycles. The first kappa shape index (κ1) is 29.3. The first-order chi connectivity index (χ1) is 20.3. The lowest BCUT2D eigenvalue weighted by Crippen LogP contribution is -2.35. The number of hydrogen-bond acceptors (Lipinski definition) is 6. The van der Waals surface area contributed by atoms with Crippen molar-refractivity contribution in [2.45, 2.75) is 38.7 Å². The number of anilines is 1. The normalized spacial score (nSPS) is 15.3. The number of nitrogens with zero attached hydrogens (tertiary/aromatic N) is 6. The fraction of sp³-hybridized carbons (Fsp3) is 0.286. The van der Waals surface area contributed by atoms with Crippen LogP contribution in [0.1, 0.15) is 47.0 Å². The van der Waals surface area contributed by atoms with E-state index in [1.54, 1.807) is 25.2 Å². The Hall–Kier alpha value is -3.81. The summed E-state index contributed by atoms with van der Waals surface area (Å²) in [5, 5.41) is 4.64. The van der Waals surface area contributed by atoms with E-state index in [4.69, 9.17) is 32.9 Å². The number of imidazole rings is 1. The molecule has 1 aliphatic rings. The highest BCUT2D eigenvalue weighted by Crippen LogP contribution is 2.47. The Balaban J connectivity index is 1.59. The van der Waals surface area contributed by atoms with E-state index in [9.17, 15) is 22.8 Å². The molecule has 224 valence electrons. The van der Waals surface area contributed by atoms with Gasteiger partial charge in [0.05, 0.1) is 39.4 Å². The third-order valence-corrected chi connectivity index (χ3v) is 8.68. The Bertz CT molecular complexity index is 1980. The number of carbonyl (C=O) groups excluding carboxylic acids is 1. The molecule has 0 aliphatic carbocycles. The van der Waals surface area contributed by atoms with Crippen LogP contribution >= 0.6 is 34.5 Å². The molecule has 1 amide bonds. The fourth-order valence-corrected chi connectivity index (χ4v) is 6.89. The lowest BCUT2D eigenvalue weighted by molar-refractivity contribution is -0.141. The minimum atomic E-state index is -4.46. The van der Waals surface area contributed by atoms with Crippen LogP contribution in [0.3, 0.4) is 0 Å². The maximum absolute atomic E-state index is 14.2. The lowest BCUT2D eigenvalue weighted by Gasteiger charge is -2.27. The van der Waals surface area contributed by atoms with Crippen LogP contribution < -0.4 is 15.2 Å². The van der Waals surface area contributed by atoms with Crippen LogP contribution in [0.25, 0.3) is 22.3 Å². The highest BCUT2D eigenvalue weighted by Gasteiger charge is 2.46. The maximum atomic E-state index is 14.2. The predicted molar refractivity (Wildman–Crippen MR) is 159 cm³/mol. The third kappa shape index (κ3) is 4.88. The van der Waals surface area contributed by atoms with Gasteiger partial charge in [0.25, 0.3) is 11.5 Å². The van der Waals surface area contributed by atoms with Gasteiger partial charge in [-0.05, 0) is 38.1 Å². The molecule has 4 aromatic heterocycles. The van der Waals surface area contributed by atoms with Crippen molar-refractivity contribution in [3.05, 3.63) is 78.7 Å². The molecule has 0 spiro atoms. The molecule has 5 aromatic rings. The Labute approximate surface area is 256 Å². The number of hydrogen-bond donors (Lipinski definition) is 0. The summed E-state index contributed by atoms with van der Waals surface area (Å²) in [4.78, 5) is 34.3. The summed E-state index contributed by atoms with van der Waals surface area (Å²) in [6.07, 6.45) is -1.66. The molecular weight excluding hydrogens is 628 g/mol. The predicted octanol–water partition coefficient (Wildman–Crippen LogP) is 6.87. The molecule has 0 radical (unpaired) electrons. The largest absolute Gasteiger partial charge is 0.496 e. The van der Waals surface area contributed by atoms with Crippen molar-refractivity contribution in [3.8, 4) is 17.1 Å². The van der Waals surface area contributed by atoms with Gasteiger partial charge < -0.3 is 13.9 Å². The van der Waals surface area contributed by atoms with E-state index < -0.39 is 30.2 Å². The number of aryl methyl sites for hydroxylation is 1. The van der Waals surface area contributed by atoms with Crippen LogP contribution in [0.2, 0.25) is 9.36 Å². The number of aromatic nitrogens is 5. The minimum Gasteiger partial charge on any atom is -0.496 e. The topological polar surface area (TPSA) is 87.2 Å². The number of fused-ring (bicyclic) bond motifs is 2. The zero-order valence-electron chi connectivity index (χ0n) is 23.1. The quantitative estimate of drug-likeness (QED) is 0.200. The van der Waals surface area contributed by atoms with Crippen molar-refractivity contribution in [2.24, 2.45) is 7.05 Å². The van der Waals surface area contributed by atoms with Gasteiger partial charge in [-0.2, -0.15) is 18.3 Å². The average molecular weight is 651 g/mol. The second-order valence-corrected chi connectivity index (χ2v) is 12.5. The summed E-state index contributed by atoms with van der Waals surface area (Å²) in [6, 6.07) is 7.08. The number of rotatable bonds is 6. The van der Waals surface area contributed by atoms with Gasteiger partial charge in [-0.1, -0.05) is 23.2 Å². The number of ether oxygens (including phenoxy) is 1. The van der Waals surface area contributed by atoms with Crippen LogP contribution in [0.4, 0.5) is 18.9 Å². The monoisotopic (exact) mass is 650 g/mol. The van der Waals surface area contributed by atoms with Crippen LogP contribution in [0, 0.1) is 0 Å². The van der Waals surface area contributed by atoms with E-state index >= 15 is 0 Å². The van der Waals surface area contributed by atoms with E-state index in [0.29, 0.717) is 31.7 Å². The van der Waals surface area contributed by atoms with Crippen LogP contribution in [-0.2, 0) is 13.6 Å². The first-order valence-corrected chi connectivity index (χ1v) is 14.5. The lowest BCUT2D eigenvalue weighted by atomic mass is 10.1. The summed E-state index contributed by atoms with van der Waals surface area (Å²) >= 11 is 13.9. The number of pyridine rings is 1. The molecular formula is C28H23Cl2F3N6O3S. The van der Waals surface area contributed by atoms with Gasteiger partial charge in [0.2, 0.25) is 0 Å². The summed E-state index contributed by atoms with van der Waals surface area (Å²) in [5.74, 6) is 0.121. The van der Waals surface area contributed by atoms with Gasteiger partial charge in [0.1, 0.15) is 29.8 Å². The van der Waals surface area contributed by atoms with E-state index in [2.05, 4.69) is 5.10 Å². The Morgan fingerprint density at radius 2 is 1.88 bits per heavy atom. The number of carbonyl (C=O) groups is 1. The van der Waals surface area contributed by atoms with Gasteiger partial charge in [-0.3, -0.25) is 19.2 Å². The number of methoxy groups -OCH3 is 1. The number of amides is 1. The van der Waals surface area contributed by atoms with Crippen molar-refractivity contribution in [3.63, 3.8) is 0 Å². The summed E-state index contributed by atoms with van der Waals surface area (Å²) in [6.45, 7) is 2.58. The van der Waals surface area contributed by atoms with Crippen LogP contribution in [0.5, 0.6) is 5.75 Å². The molecule has 0 fully saturated rings. The van der Waals surface area contributed by atoms with Gasteiger partial charge in [0, 0.05) is 35.6 Å². The molecule has 1 aliphatic heterocycles. The number of thiophene rings is 1. The molecule has 1 atom stereocenters. The Morgan fingerprint density at radius 3 is 2.51 bits per heavy atom. The molecule has 1 aromatic carbocycles. The summed E-state index contributed by atoms with van der Waals surface area (Å²) < 4.78 is 49.7. The Morgan fingerprint density at radius 1 is 1.14 bits per heavy atom. The fourth-order valence-electron chi connectivity index (χ4n) is 5.49. The highest BCUT2D eigenvalue weighted by atomic mass is 35.5. The van der Waals surface area contributed by atoms with E-state index in [0.717, 1.165) is 4.68 Å². The Kier molecular flexibility index (Phi) is 7.09. The van der Waals surface area contributed by atoms with Gasteiger partial charge >= 0.3 is 6.18 Å². The zero-order valence-corrected chi connectivity index (χ0v) is 25.4. The van der Waals surface area contributed by atoms with Crippen molar-refractivity contribution < 1.29 is 22.7 Å². The minimum absolute atomic E-state index is 0.0838. The molecule has 0 bridgehead atoms. The average Bonchev–Trinajstić information content (AvgIpc) is 3.68. The third-order valence-electron chi connectivity index (χ3n) is 7.19. The zero-order chi connectivity index (χ0) is 31.0. The van der Waals surface area contributed by atoms with Crippen molar-refractivity contribution >= 4 is 57.0 Å². The van der Waals surface area contributed by atoms with Crippen molar-refractivity contribution in [1.82, 2.24) is 23.9 Å². The highest BCUT2D eigenvalue weighted by molar-refractivity contribution is 7.16. The van der Waals surface area contributed by atoms with E-state index in [1.165, 1.54) is 52.4 Å². The standard InChI is InChI=1S/C28H23Cl2F3N6O3S/c1-13(2)38-24-22(35-25(38)16-7-14-10-34-37(12-28(31,32)33)17(14)9-19(16)42-4)27(41)39(23(24)20-5-6-21(30)43-20)18-8-15(29)11-36(3)26(18)40/h5-11,13,23H,12H2,1-4H3/t23-/m0/s1. The molecule has 43 heavy (non-hydrogen) atoms. The second-order valence-electron chi connectivity index (χ2n) is 10.3. The second kappa shape index (κ2) is 10.4.